The number of ether oxygens (including phenoxy) is 2. The van der Waals surface area contributed by atoms with Gasteiger partial charge in [-0.15, -0.1) is 0 Å². The summed E-state index contributed by atoms with van der Waals surface area (Å²) >= 11 is 3.09. The van der Waals surface area contributed by atoms with Crippen molar-refractivity contribution in [1.29, 1.82) is 0 Å². The van der Waals surface area contributed by atoms with E-state index in [0.29, 0.717) is 16.7 Å². The van der Waals surface area contributed by atoms with Crippen LogP contribution >= 0.6 is 15.9 Å². The highest BCUT2D eigenvalue weighted by Crippen LogP contribution is 2.33. The van der Waals surface area contributed by atoms with Crippen LogP contribution in [0.1, 0.15) is 5.56 Å². The summed E-state index contributed by atoms with van der Waals surface area (Å²) in [6, 6.07) is 3.40. The summed E-state index contributed by atoms with van der Waals surface area (Å²) in [7, 11) is 2.97. The Morgan fingerprint density at radius 2 is 1.89 bits per heavy atom. The molecule has 1 aromatic carbocycles. The molecule has 0 spiro atoms. The monoisotopic (exact) mass is 327 g/mol. The summed E-state index contributed by atoms with van der Waals surface area (Å²) in [5.41, 5.74) is -0.156. The van der Waals surface area contributed by atoms with Crippen LogP contribution in [0.5, 0.6) is 0 Å². The first kappa shape index (κ1) is 15.3. The minimum Gasteiger partial charge on any atom is -0.379 e. The van der Waals surface area contributed by atoms with E-state index < -0.39 is 18.0 Å². The molecular weight excluding hydrogens is 315 g/mol. The van der Waals surface area contributed by atoms with Gasteiger partial charge in [-0.2, -0.15) is 13.2 Å². The number of benzene rings is 1. The summed E-state index contributed by atoms with van der Waals surface area (Å²) < 4.78 is 47.6. The first-order valence-corrected chi connectivity index (χ1v) is 5.84. The van der Waals surface area contributed by atoms with Crippen molar-refractivity contribution in [3.8, 4) is 0 Å². The van der Waals surface area contributed by atoms with E-state index in [2.05, 4.69) is 21.2 Å². The van der Waals surface area contributed by atoms with Crippen LogP contribution in [0, 0.1) is 0 Å². The van der Waals surface area contributed by atoms with E-state index in [9.17, 15) is 13.2 Å². The number of methoxy groups -OCH3 is 2. The van der Waals surface area contributed by atoms with Crippen LogP contribution < -0.4 is 5.32 Å². The molecule has 0 radical (unpaired) electrons. The molecule has 0 fully saturated rings. The molecule has 0 unspecified atom stereocenters. The molecule has 0 aromatic heterocycles. The zero-order valence-corrected chi connectivity index (χ0v) is 11.4. The van der Waals surface area contributed by atoms with Crippen molar-refractivity contribution in [2.45, 2.75) is 12.5 Å². The first-order valence-electron chi connectivity index (χ1n) is 5.04. The van der Waals surface area contributed by atoms with Gasteiger partial charge in [0.25, 0.3) is 0 Å². The highest BCUT2D eigenvalue weighted by molar-refractivity contribution is 9.10. The van der Waals surface area contributed by atoms with Crippen molar-refractivity contribution in [2.75, 3.05) is 26.1 Å². The number of anilines is 1. The lowest BCUT2D eigenvalue weighted by Gasteiger charge is -2.16. The number of hydrogen-bond acceptors (Lipinski definition) is 3. The van der Waals surface area contributed by atoms with E-state index in [1.165, 1.54) is 20.3 Å². The van der Waals surface area contributed by atoms with Gasteiger partial charge in [0.15, 0.2) is 6.29 Å². The molecule has 0 aliphatic rings. The maximum Gasteiger partial charge on any atom is 0.416 e. The zero-order chi connectivity index (χ0) is 13.8. The third-order valence-electron chi connectivity index (χ3n) is 2.28. The van der Waals surface area contributed by atoms with Gasteiger partial charge in [-0.1, -0.05) is 0 Å². The van der Waals surface area contributed by atoms with Crippen LogP contribution in [0.2, 0.25) is 0 Å². The Morgan fingerprint density at radius 3 is 2.33 bits per heavy atom. The molecule has 1 N–H and O–H groups in total. The van der Waals surface area contributed by atoms with Gasteiger partial charge in [0, 0.05) is 24.4 Å². The maximum atomic E-state index is 12.4. The molecule has 18 heavy (non-hydrogen) atoms. The Kier molecular flexibility index (Phi) is 5.43. The molecule has 0 heterocycles. The van der Waals surface area contributed by atoms with Crippen molar-refractivity contribution in [3.63, 3.8) is 0 Å². The second-order valence-electron chi connectivity index (χ2n) is 3.47. The van der Waals surface area contributed by atoms with E-state index in [0.717, 1.165) is 12.1 Å². The first-order chi connectivity index (χ1) is 8.38. The maximum absolute atomic E-state index is 12.4. The van der Waals surface area contributed by atoms with Crippen LogP contribution in [0.4, 0.5) is 18.9 Å². The van der Waals surface area contributed by atoms with E-state index >= 15 is 0 Å². The number of alkyl halides is 3. The summed E-state index contributed by atoms with van der Waals surface area (Å²) in [6.07, 6.45) is -4.80. The SMILES string of the molecule is COC(CNc1ccc(C(F)(F)F)cc1Br)OC. The lowest BCUT2D eigenvalue weighted by atomic mass is 10.2. The molecule has 1 aromatic rings. The van der Waals surface area contributed by atoms with Crippen molar-refractivity contribution in [3.05, 3.63) is 28.2 Å². The van der Waals surface area contributed by atoms with Crippen LogP contribution in [0.15, 0.2) is 22.7 Å². The molecule has 0 aliphatic carbocycles. The average Bonchev–Trinajstić information content (AvgIpc) is 2.30. The van der Waals surface area contributed by atoms with Gasteiger partial charge in [-0.3, -0.25) is 0 Å². The van der Waals surface area contributed by atoms with E-state index in [1.807, 2.05) is 0 Å². The zero-order valence-electron chi connectivity index (χ0n) is 9.84. The number of hydrogen-bond donors (Lipinski definition) is 1. The predicted molar refractivity (Wildman–Crippen MR) is 65.4 cm³/mol. The van der Waals surface area contributed by atoms with Gasteiger partial charge in [0.1, 0.15) is 0 Å². The van der Waals surface area contributed by atoms with Crippen molar-refractivity contribution in [1.82, 2.24) is 0 Å². The van der Waals surface area contributed by atoms with E-state index in [1.54, 1.807) is 0 Å². The Morgan fingerprint density at radius 1 is 1.28 bits per heavy atom. The molecule has 7 heteroatoms. The summed E-state index contributed by atoms with van der Waals surface area (Å²) in [5, 5.41) is 2.93. The van der Waals surface area contributed by atoms with Crippen LogP contribution in [-0.4, -0.2) is 27.1 Å². The van der Waals surface area contributed by atoms with Crippen LogP contribution in [-0.2, 0) is 15.7 Å². The molecule has 0 saturated carbocycles. The fraction of sp³-hybridized carbons (Fsp3) is 0.455. The predicted octanol–water partition coefficient (Wildman–Crippen LogP) is 3.50. The molecule has 0 saturated heterocycles. The molecule has 0 atom stereocenters. The highest BCUT2D eigenvalue weighted by Gasteiger charge is 2.30. The Hall–Kier alpha value is -0.790. The van der Waals surface area contributed by atoms with Gasteiger partial charge in [-0.05, 0) is 34.1 Å². The van der Waals surface area contributed by atoms with Gasteiger partial charge >= 0.3 is 6.18 Å². The van der Waals surface area contributed by atoms with Crippen molar-refractivity contribution in [2.24, 2.45) is 0 Å². The smallest absolute Gasteiger partial charge is 0.379 e. The molecule has 3 nitrogen and oxygen atoms in total. The normalized spacial score (nSPS) is 11.9. The van der Waals surface area contributed by atoms with Gasteiger partial charge in [-0.25, -0.2) is 0 Å². The fourth-order valence-electron chi connectivity index (χ4n) is 1.29. The largest absolute Gasteiger partial charge is 0.416 e. The molecule has 0 bridgehead atoms. The summed E-state index contributed by atoms with van der Waals surface area (Å²) in [6.45, 7) is 0.330. The minimum absolute atomic E-state index is 0.330. The van der Waals surface area contributed by atoms with Crippen molar-refractivity contribution >= 4 is 21.6 Å². The quantitative estimate of drug-likeness (QED) is 0.840. The topological polar surface area (TPSA) is 30.5 Å². The molecule has 0 amide bonds. The average molecular weight is 328 g/mol. The van der Waals surface area contributed by atoms with E-state index in [-0.39, 0.29) is 0 Å². The Balaban J connectivity index is 2.74. The third kappa shape index (κ3) is 4.15. The number of nitrogens with one attached hydrogen (secondary N) is 1. The molecule has 0 aliphatic heterocycles. The van der Waals surface area contributed by atoms with Crippen LogP contribution in [0.3, 0.4) is 0 Å². The van der Waals surface area contributed by atoms with E-state index in [4.69, 9.17) is 9.47 Å². The number of rotatable bonds is 5. The highest BCUT2D eigenvalue weighted by atomic mass is 79.9. The standard InChI is InChI=1S/C11H13BrF3NO2/c1-17-10(18-2)6-16-9-4-3-7(5-8(9)12)11(13,14)15/h3-5,10,16H,6H2,1-2H3. The molecular formula is C11H13BrF3NO2. The second kappa shape index (κ2) is 6.40. The Bertz CT molecular complexity index is 394. The van der Waals surface area contributed by atoms with Gasteiger partial charge in [0.05, 0.1) is 12.1 Å². The number of halogens is 4. The summed E-state index contributed by atoms with van der Waals surface area (Å²) in [5.74, 6) is 0. The minimum atomic E-state index is -4.34. The lowest BCUT2D eigenvalue weighted by Crippen LogP contribution is -2.23. The Labute approximate surface area is 111 Å². The van der Waals surface area contributed by atoms with Crippen molar-refractivity contribution < 1.29 is 22.6 Å². The molecule has 102 valence electrons. The van der Waals surface area contributed by atoms with Gasteiger partial charge < -0.3 is 14.8 Å². The van der Waals surface area contributed by atoms with Crippen LogP contribution in [0.25, 0.3) is 0 Å². The fourth-order valence-corrected chi connectivity index (χ4v) is 1.81. The second-order valence-corrected chi connectivity index (χ2v) is 4.33. The van der Waals surface area contributed by atoms with Gasteiger partial charge in [0.2, 0.25) is 0 Å². The molecule has 1 rings (SSSR count). The lowest BCUT2D eigenvalue weighted by molar-refractivity contribution is -0.137. The third-order valence-corrected chi connectivity index (χ3v) is 2.94. The summed E-state index contributed by atoms with van der Waals surface area (Å²) in [4.78, 5) is 0.